The van der Waals surface area contributed by atoms with Gasteiger partial charge in [0.15, 0.2) is 0 Å². The fourth-order valence-corrected chi connectivity index (χ4v) is 2.90. The highest BCUT2D eigenvalue weighted by atomic mass is 16.5. The van der Waals surface area contributed by atoms with E-state index >= 15 is 0 Å². The van der Waals surface area contributed by atoms with Crippen LogP contribution >= 0.6 is 0 Å². The molecule has 2 aromatic rings. The van der Waals surface area contributed by atoms with Crippen molar-refractivity contribution in [1.29, 1.82) is 0 Å². The molecule has 1 aromatic carbocycles. The van der Waals surface area contributed by atoms with Crippen LogP contribution in [0, 0.1) is 6.92 Å². The molecule has 0 saturated heterocycles. The summed E-state index contributed by atoms with van der Waals surface area (Å²) in [5.41, 5.74) is 2.68. The van der Waals surface area contributed by atoms with Gasteiger partial charge in [0.1, 0.15) is 6.54 Å². The van der Waals surface area contributed by atoms with E-state index < -0.39 is 0 Å². The van der Waals surface area contributed by atoms with Gasteiger partial charge in [0.2, 0.25) is 5.91 Å². The van der Waals surface area contributed by atoms with Crippen molar-refractivity contribution in [3.63, 3.8) is 0 Å². The van der Waals surface area contributed by atoms with Crippen molar-refractivity contribution in [3.8, 4) is 0 Å². The van der Waals surface area contributed by atoms with E-state index in [2.05, 4.69) is 11.9 Å². The number of urea groups is 1. The highest BCUT2D eigenvalue weighted by Gasteiger charge is 2.21. The quantitative estimate of drug-likeness (QED) is 0.626. The van der Waals surface area contributed by atoms with Crippen LogP contribution in [0.2, 0.25) is 0 Å². The van der Waals surface area contributed by atoms with Crippen LogP contribution in [-0.4, -0.2) is 59.7 Å². The average Bonchev–Trinajstić information content (AvgIpc) is 3.10. The maximum absolute atomic E-state index is 13.0. The Morgan fingerprint density at radius 2 is 1.97 bits per heavy atom. The van der Waals surface area contributed by atoms with Crippen molar-refractivity contribution in [3.05, 3.63) is 66.5 Å². The van der Waals surface area contributed by atoms with Crippen molar-refractivity contribution >= 4 is 17.6 Å². The maximum Gasteiger partial charge on any atom is 0.322 e. The van der Waals surface area contributed by atoms with E-state index in [1.807, 2.05) is 61.1 Å². The number of nitrogens with one attached hydrogen (secondary N) is 1. The van der Waals surface area contributed by atoms with Crippen molar-refractivity contribution < 1.29 is 14.3 Å². The predicted octanol–water partition coefficient (Wildman–Crippen LogP) is 3.03. The third kappa shape index (κ3) is 6.50. The van der Waals surface area contributed by atoms with Crippen LogP contribution < -0.4 is 5.32 Å². The zero-order valence-corrected chi connectivity index (χ0v) is 17.4. The van der Waals surface area contributed by atoms with Crippen LogP contribution in [0.4, 0.5) is 10.5 Å². The molecule has 0 aliphatic heterocycles. The standard InChI is InChI=1S/C22H30N4O3/c1-5-12-26(22(28)23-20-11-7-6-9-18(20)2)17-21(27)25(14-15-29-4)16-19-10-8-13-24(19)3/h5-11,13H,1,12,14-17H2,2-4H3,(H,23,28). The number of amides is 3. The van der Waals surface area contributed by atoms with Gasteiger partial charge in [0.05, 0.1) is 13.2 Å². The summed E-state index contributed by atoms with van der Waals surface area (Å²) in [4.78, 5) is 28.9. The lowest BCUT2D eigenvalue weighted by Crippen LogP contribution is -2.45. The second-order valence-corrected chi connectivity index (χ2v) is 6.83. The lowest BCUT2D eigenvalue weighted by atomic mass is 10.2. The number of carbonyl (C=O) groups excluding carboxylic acids is 2. The molecule has 0 bridgehead atoms. The number of benzene rings is 1. The van der Waals surface area contributed by atoms with Crippen molar-refractivity contribution in [2.24, 2.45) is 7.05 Å². The Morgan fingerprint density at radius 1 is 1.21 bits per heavy atom. The van der Waals surface area contributed by atoms with Crippen LogP contribution in [0.1, 0.15) is 11.3 Å². The lowest BCUT2D eigenvalue weighted by Gasteiger charge is -2.27. The molecule has 0 aliphatic carbocycles. The molecular weight excluding hydrogens is 368 g/mol. The smallest absolute Gasteiger partial charge is 0.322 e. The molecule has 7 nitrogen and oxygen atoms in total. The molecule has 0 radical (unpaired) electrons. The minimum Gasteiger partial charge on any atom is -0.383 e. The Labute approximate surface area is 172 Å². The van der Waals surface area contributed by atoms with E-state index in [4.69, 9.17) is 4.74 Å². The monoisotopic (exact) mass is 398 g/mol. The van der Waals surface area contributed by atoms with E-state index in [1.165, 1.54) is 4.90 Å². The molecular formula is C22H30N4O3. The molecule has 0 fully saturated rings. The van der Waals surface area contributed by atoms with Gasteiger partial charge >= 0.3 is 6.03 Å². The van der Waals surface area contributed by atoms with Crippen LogP contribution in [0.3, 0.4) is 0 Å². The summed E-state index contributed by atoms with van der Waals surface area (Å²) in [6, 6.07) is 11.1. The van der Waals surface area contributed by atoms with Crippen LogP contribution in [-0.2, 0) is 23.1 Å². The van der Waals surface area contributed by atoms with Crippen molar-refractivity contribution in [2.75, 3.05) is 38.7 Å². The van der Waals surface area contributed by atoms with Crippen LogP contribution in [0.5, 0.6) is 0 Å². The average molecular weight is 399 g/mol. The number of para-hydroxylation sites is 1. The first-order valence-corrected chi connectivity index (χ1v) is 9.55. The molecule has 3 amide bonds. The molecule has 1 aromatic heterocycles. The number of methoxy groups -OCH3 is 1. The summed E-state index contributed by atoms with van der Waals surface area (Å²) in [6.07, 6.45) is 3.55. The maximum atomic E-state index is 13.0. The number of carbonyl (C=O) groups is 2. The highest BCUT2D eigenvalue weighted by molar-refractivity contribution is 5.93. The molecule has 1 heterocycles. The first-order chi connectivity index (χ1) is 14.0. The Balaban J connectivity index is 2.09. The van der Waals surface area contributed by atoms with Gasteiger partial charge in [-0.05, 0) is 30.7 Å². The SMILES string of the molecule is C=CCN(CC(=O)N(CCOC)Cc1cccn1C)C(=O)Nc1ccccc1C. The van der Waals surface area contributed by atoms with Crippen molar-refractivity contribution in [1.82, 2.24) is 14.4 Å². The summed E-state index contributed by atoms with van der Waals surface area (Å²) >= 11 is 0. The van der Waals surface area contributed by atoms with Gasteiger partial charge in [-0.2, -0.15) is 0 Å². The van der Waals surface area contributed by atoms with Gasteiger partial charge in [-0.25, -0.2) is 4.79 Å². The molecule has 156 valence electrons. The Bertz CT molecular complexity index is 831. The molecule has 0 unspecified atom stereocenters. The second-order valence-electron chi connectivity index (χ2n) is 6.83. The second kappa shape index (κ2) is 11.1. The lowest BCUT2D eigenvalue weighted by molar-refractivity contribution is -0.133. The zero-order valence-electron chi connectivity index (χ0n) is 17.4. The van der Waals surface area contributed by atoms with Crippen molar-refractivity contribution in [2.45, 2.75) is 13.5 Å². The summed E-state index contributed by atoms with van der Waals surface area (Å²) < 4.78 is 7.13. The van der Waals surface area contributed by atoms with Gasteiger partial charge in [-0.3, -0.25) is 4.79 Å². The normalized spacial score (nSPS) is 10.4. The minimum absolute atomic E-state index is 0.0438. The van der Waals surface area contributed by atoms with E-state index in [9.17, 15) is 9.59 Å². The zero-order chi connectivity index (χ0) is 21.2. The molecule has 0 aliphatic rings. The molecule has 1 N–H and O–H groups in total. The molecule has 0 saturated carbocycles. The largest absolute Gasteiger partial charge is 0.383 e. The highest BCUT2D eigenvalue weighted by Crippen LogP contribution is 2.14. The summed E-state index contributed by atoms with van der Waals surface area (Å²) in [7, 11) is 3.54. The number of hydrogen-bond donors (Lipinski definition) is 1. The Morgan fingerprint density at radius 3 is 2.59 bits per heavy atom. The van der Waals surface area contributed by atoms with Gasteiger partial charge in [0.25, 0.3) is 0 Å². The number of nitrogens with zero attached hydrogens (tertiary/aromatic N) is 3. The molecule has 7 heteroatoms. The van der Waals surface area contributed by atoms with Gasteiger partial charge < -0.3 is 24.4 Å². The Hall–Kier alpha value is -3.06. The summed E-state index contributed by atoms with van der Waals surface area (Å²) in [5, 5.41) is 2.88. The summed E-state index contributed by atoms with van der Waals surface area (Å²) in [5.74, 6) is -0.148. The number of hydrogen-bond acceptors (Lipinski definition) is 3. The van der Waals surface area contributed by atoms with E-state index in [-0.39, 0.29) is 25.0 Å². The first kappa shape index (κ1) is 22.2. The molecule has 0 atom stereocenters. The molecule has 29 heavy (non-hydrogen) atoms. The fourth-order valence-electron chi connectivity index (χ4n) is 2.90. The van der Waals surface area contributed by atoms with Crippen LogP contribution in [0.25, 0.3) is 0 Å². The third-order valence-corrected chi connectivity index (χ3v) is 4.67. The van der Waals surface area contributed by atoms with Crippen LogP contribution in [0.15, 0.2) is 55.3 Å². The molecule has 2 rings (SSSR count). The summed E-state index contributed by atoms with van der Waals surface area (Å²) in [6.45, 7) is 7.18. The number of anilines is 1. The fraction of sp³-hybridized carbons (Fsp3) is 0.364. The number of aryl methyl sites for hydroxylation is 2. The van der Waals surface area contributed by atoms with E-state index in [1.54, 1.807) is 18.1 Å². The molecule has 0 spiro atoms. The number of ether oxygens (including phenoxy) is 1. The number of aromatic nitrogens is 1. The number of rotatable bonds is 10. The minimum atomic E-state index is -0.335. The van der Waals surface area contributed by atoms with Gasteiger partial charge in [0, 0.05) is 44.8 Å². The van der Waals surface area contributed by atoms with E-state index in [0.717, 1.165) is 16.9 Å². The predicted molar refractivity (Wildman–Crippen MR) is 115 cm³/mol. The van der Waals surface area contributed by atoms with E-state index in [0.29, 0.717) is 19.7 Å². The third-order valence-electron chi connectivity index (χ3n) is 4.67. The van der Waals surface area contributed by atoms with Gasteiger partial charge in [-0.15, -0.1) is 6.58 Å². The van der Waals surface area contributed by atoms with Gasteiger partial charge in [-0.1, -0.05) is 24.3 Å². The first-order valence-electron chi connectivity index (χ1n) is 9.55. The topological polar surface area (TPSA) is 66.8 Å². The Kier molecular flexibility index (Phi) is 8.48.